The molecule has 2 saturated heterocycles. The van der Waals surface area contributed by atoms with E-state index in [1.807, 2.05) is 23.1 Å². The number of rotatable bonds is 2. The standard InChI is InChI=1S/C14H19F2N3/c15-14(16)6-9-19(10-7-14)13-5-1-3-12(18-13)11-4-2-8-17-11/h1,3,5,11,17H,2,4,6-10H2/t11-/m1/s1. The predicted octanol–water partition coefficient (Wildman–Crippen LogP) is 2.74. The summed E-state index contributed by atoms with van der Waals surface area (Å²) in [5.41, 5.74) is 1.03. The van der Waals surface area contributed by atoms with Crippen molar-refractivity contribution in [3.8, 4) is 0 Å². The Morgan fingerprint density at radius 1 is 1.26 bits per heavy atom. The fourth-order valence-corrected chi connectivity index (χ4v) is 2.81. The lowest BCUT2D eigenvalue weighted by molar-refractivity contribution is -0.0221. The van der Waals surface area contributed by atoms with Gasteiger partial charge in [0.05, 0.1) is 5.69 Å². The maximum atomic E-state index is 13.2. The molecule has 0 radical (unpaired) electrons. The molecule has 2 aliphatic rings. The molecule has 0 bridgehead atoms. The zero-order valence-corrected chi connectivity index (χ0v) is 10.9. The van der Waals surface area contributed by atoms with E-state index < -0.39 is 5.92 Å². The van der Waals surface area contributed by atoms with Crippen LogP contribution in [0.15, 0.2) is 18.2 Å². The maximum Gasteiger partial charge on any atom is 0.251 e. The lowest BCUT2D eigenvalue weighted by Gasteiger charge is -2.32. The number of anilines is 1. The number of hydrogen-bond acceptors (Lipinski definition) is 3. The summed E-state index contributed by atoms with van der Waals surface area (Å²) in [6.45, 7) is 1.82. The van der Waals surface area contributed by atoms with Gasteiger partial charge in [0, 0.05) is 32.0 Å². The Hall–Kier alpha value is -1.23. The van der Waals surface area contributed by atoms with Crippen LogP contribution in [0.25, 0.3) is 0 Å². The van der Waals surface area contributed by atoms with E-state index >= 15 is 0 Å². The first-order chi connectivity index (χ1) is 9.14. The quantitative estimate of drug-likeness (QED) is 0.893. The van der Waals surface area contributed by atoms with Gasteiger partial charge in [-0.3, -0.25) is 0 Å². The number of piperidine rings is 1. The Morgan fingerprint density at radius 3 is 2.74 bits per heavy atom. The Balaban J connectivity index is 1.72. The lowest BCUT2D eigenvalue weighted by atomic mass is 10.1. The van der Waals surface area contributed by atoms with Crippen LogP contribution in [0.3, 0.4) is 0 Å². The van der Waals surface area contributed by atoms with Crippen LogP contribution in [-0.2, 0) is 0 Å². The molecule has 2 aliphatic heterocycles. The average molecular weight is 267 g/mol. The summed E-state index contributed by atoms with van der Waals surface area (Å²) >= 11 is 0. The van der Waals surface area contributed by atoms with Gasteiger partial charge in [-0.2, -0.15) is 0 Å². The first kappa shape index (κ1) is 12.8. The van der Waals surface area contributed by atoms with Crippen molar-refractivity contribution in [2.45, 2.75) is 37.6 Å². The lowest BCUT2D eigenvalue weighted by Crippen LogP contribution is -2.39. The van der Waals surface area contributed by atoms with E-state index in [1.54, 1.807) is 0 Å². The van der Waals surface area contributed by atoms with Crippen molar-refractivity contribution in [1.82, 2.24) is 10.3 Å². The number of nitrogens with zero attached hydrogens (tertiary/aromatic N) is 2. The van der Waals surface area contributed by atoms with Gasteiger partial charge in [-0.15, -0.1) is 0 Å². The molecule has 1 aromatic rings. The van der Waals surface area contributed by atoms with Crippen LogP contribution >= 0.6 is 0 Å². The third-order valence-corrected chi connectivity index (χ3v) is 3.99. The van der Waals surface area contributed by atoms with Crippen LogP contribution < -0.4 is 10.2 Å². The molecule has 3 heterocycles. The number of pyridine rings is 1. The molecule has 2 fully saturated rings. The molecule has 0 amide bonds. The highest BCUT2D eigenvalue weighted by Gasteiger charge is 2.34. The minimum absolute atomic E-state index is 0.0689. The molecule has 0 aliphatic carbocycles. The summed E-state index contributed by atoms with van der Waals surface area (Å²) in [5.74, 6) is -1.66. The number of alkyl halides is 2. The summed E-state index contributed by atoms with van der Waals surface area (Å²) < 4.78 is 26.3. The van der Waals surface area contributed by atoms with Crippen LogP contribution in [0.1, 0.15) is 37.4 Å². The first-order valence-electron chi connectivity index (χ1n) is 6.97. The summed E-state index contributed by atoms with van der Waals surface area (Å²) in [5, 5.41) is 3.42. The summed E-state index contributed by atoms with van der Waals surface area (Å²) in [6, 6.07) is 6.24. The molecule has 0 aromatic carbocycles. The minimum Gasteiger partial charge on any atom is -0.356 e. The Kier molecular flexibility index (Phi) is 3.39. The van der Waals surface area contributed by atoms with Crippen molar-refractivity contribution < 1.29 is 8.78 Å². The second kappa shape index (κ2) is 5.04. The van der Waals surface area contributed by atoms with Gasteiger partial charge in [0.25, 0.3) is 5.92 Å². The molecule has 1 atom stereocenters. The topological polar surface area (TPSA) is 28.2 Å². The van der Waals surface area contributed by atoms with Crippen LogP contribution in [0.5, 0.6) is 0 Å². The molecule has 0 spiro atoms. The normalized spacial score (nSPS) is 26.6. The van der Waals surface area contributed by atoms with Crippen LogP contribution in [0, 0.1) is 0 Å². The molecule has 0 unspecified atom stereocenters. The number of nitrogens with one attached hydrogen (secondary N) is 1. The Bertz CT molecular complexity index is 434. The average Bonchev–Trinajstić information content (AvgIpc) is 2.93. The zero-order chi connectivity index (χ0) is 13.3. The van der Waals surface area contributed by atoms with Gasteiger partial charge < -0.3 is 10.2 Å². The number of aromatic nitrogens is 1. The molecule has 104 valence electrons. The maximum absolute atomic E-state index is 13.2. The molecule has 3 rings (SSSR count). The highest BCUT2D eigenvalue weighted by Crippen LogP contribution is 2.30. The van der Waals surface area contributed by atoms with Crippen LogP contribution in [0.4, 0.5) is 14.6 Å². The molecular formula is C14H19F2N3. The van der Waals surface area contributed by atoms with Gasteiger partial charge >= 0.3 is 0 Å². The fourth-order valence-electron chi connectivity index (χ4n) is 2.81. The second-order valence-corrected chi connectivity index (χ2v) is 5.41. The molecular weight excluding hydrogens is 248 g/mol. The third-order valence-electron chi connectivity index (χ3n) is 3.99. The minimum atomic E-state index is -2.50. The number of hydrogen-bond donors (Lipinski definition) is 1. The van der Waals surface area contributed by atoms with Gasteiger partial charge in [0.2, 0.25) is 0 Å². The van der Waals surface area contributed by atoms with Gasteiger partial charge in [-0.1, -0.05) is 6.07 Å². The molecule has 1 N–H and O–H groups in total. The van der Waals surface area contributed by atoms with Crippen LogP contribution in [0.2, 0.25) is 0 Å². The third kappa shape index (κ3) is 2.86. The van der Waals surface area contributed by atoms with Crippen molar-refractivity contribution in [3.63, 3.8) is 0 Å². The smallest absolute Gasteiger partial charge is 0.251 e. The van der Waals surface area contributed by atoms with Gasteiger partial charge in [0.1, 0.15) is 5.82 Å². The Labute approximate surface area is 112 Å². The van der Waals surface area contributed by atoms with Gasteiger partial charge in [-0.05, 0) is 31.5 Å². The van der Waals surface area contributed by atoms with E-state index in [1.165, 1.54) is 6.42 Å². The van der Waals surface area contributed by atoms with E-state index in [0.717, 1.165) is 24.5 Å². The van der Waals surface area contributed by atoms with Crippen molar-refractivity contribution in [1.29, 1.82) is 0 Å². The molecule has 3 nitrogen and oxygen atoms in total. The van der Waals surface area contributed by atoms with E-state index in [4.69, 9.17) is 0 Å². The van der Waals surface area contributed by atoms with E-state index in [0.29, 0.717) is 19.1 Å². The highest BCUT2D eigenvalue weighted by atomic mass is 19.3. The predicted molar refractivity (Wildman–Crippen MR) is 70.6 cm³/mol. The summed E-state index contributed by atoms with van der Waals surface area (Å²) in [6.07, 6.45) is 2.14. The molecule has 0 saturated carbocycles. The largest absolute Gasteiger partial charge is 0.356 e. The van der Waals surface area contributed by atoms with Crippen molar-refractivity contribution >= 4 is 5.82 Å². The van der Waals surface area contributed by atoms with Gasteiger partial charge in [0.15, 0.2) is 0 Å². The SMILES string of the molecule is FC1(F)CCN(c2cccc([C@H]3CCCN3)n2)CC1. The van der Waals surface area contributed by atoms with Crippen LogP contribution in [-0.4, -0.2) is 30.5 Å². The molecule has 1 aromatic heterocycles. The zero-order valence-electron chi connectivity index (χ0n) is 10.9. The van der Waals surface area contributed by atoms with Gasteiger partial charge in [-0.25, -0.2) is 13.8 Å². The van der Waals surface area contributed by atoms with Crippen molar-refractivity contribution in [3.05, 3.63) is 23.9 Å². The highest BCUT2D eigenvalue weighted by molar-refractivity contribution is 5.40. The van der Waals surface area contributed by atoms with E-state index in [-0.39, 0.29) is 12.8 Å². The van der Waals surface area contributed by atoms with E-state index in [9.17, 15) is 8.78 Å². The monoisotopic (exact) mass is 267 g/mol. The Morgan fingerprint density at radius 2 is 2.05 bits per heavy atom. The fraction of sp³-hybridized carbons (Fsp3) is 0.643. The molecule has 19 heavy (non-hydrogen) atoms. The first-order valence-corrected chi connectivity index (χ1v) is 6.97. The van der Waals surface area contributed by atoms with Crippen molar-refractivity contribution in [2.75, 3.05) is 24.5 Å². The number of halogens is 2. The summed E-state index contributed by atoms with van der Waals surface area (Å²) in [4.78, 5) is 6.61. The summed E-state index contributed by atoms with van der Waals surface area (Å²) in [7, 11) is 0. The second-order valence-electron chi connectivity index (χ2n) is 5.41. The molecule has 5 heteroatoms. The van der Waals surface area contributed by atoms with E-state index in [2.05, 4.69) is 10.3 Å². The van der Waals surface area contributed by atoms with Crippen molar-refractivity contribution in [2.24, 2.45) is 0 Å².